The van der Waals surface area contributed by atoms with E-state index >= 15 is 0 Å². The van der Waals surface area contributed by atoms with Crippen LogP contribution < -0.4 is 10.0 Å². The number of halogens is 4. The molecule has 2 aromatic carbocycles. The standard InChI is InChI=1S/C23H24ClF3N2O6S2/c1-36(32,33)28-11-23(31)13-3-4-14(23)8-16(7-13)37(34,35)20-6-12(2-5-17(20)24)22(30)29-15-9-18(25)21(27)19(26)10-15/h2,5-6,9-10,13-14,16,28,31H,3-4,7-8,11H2,1H3,(H,29,30)/t13-,14?,16-,23-/m0/s1. The Labute approximate surface area is 217 Å². The van der Waals surface area contributed by atoms with Gasteiger partial charge in [-0.05, 0) is 55.7 Å². The van der Waals surface area contributed by atoms with Gasteiger partial charge < -0.3 is 10.4 Å². The second-order valence-corrected chi connectivity index (χ2v) is 14.0. The van der Waals surface area contributed by atoms with Gasteiger partial charge in [0, 0.05) is 29.9 Å². The summed E-state index contributed by atoms with van der Waals surface area (Å²) in [6.45, 7) is -0.213. The Morgan fingerprint density at radius 3 is 2.16 bits per heavy atom. The minimum atomic E-state index is -4.09. The summed E-state index contributed by atoms with van der Waals surface area (Å²) < 4.78 is 92.7. The van der Waals surface area contributed by atoms with E-state index in [1.54, 1.807) is 0 Å². The highest BCUT2D eigenvalue weighted by atomic mass is 35.5. The normalized spacial score (nSPS) is 25.7. The molecule has 4 atom stereocenters. The molecule has 37 heavy (non-hydrogen) atoms. The van der Waals surface area contributed by atoms with Crippen LogP contribution in [-0.4, -0.2) is 51.5 Å². The quantitative estimate of drug-likeness (QED) is 0.431. The fourth-order valence-corrected chi connectivity index (χ4v) is 8.17. The zero-order chi connectivity index (χ0) is 27.3. The molecule has 1 unspecified atom stereocenters. The first-order chi connectivity index (χ1) is 17.1. The molecule has 1 amide bonds. The first kappa shape index (κ1) is 27.8. The molecule has 202 valence electrons. The summed E-state index contributed by atoms with van der Waals surface area (Å²) in [6, 6.07) is 4.66. The lowest BCUT2D eigenvalue weighted by Crippen LogP contribution is -2.54. The lowest BCUT2D eigenvalue weighted by molar-refractivity contribution is -0.0525. The fraction of sp³-hybridized carbons (Fsp3) is 0.435. The van der Waals surface area contributed by atoms with Crippen molar-refractivity contribution in [1.29, 1.82) is 0 Å². The first-order valence-electron chi connectivity index (χ1n) is 11.3. The third-order valence-corrected chi connectivity index (χ3v) is 10.5. The van der Waals surface area contributed by atoms with Gasteiger partial charge in [0.15, 0.2) is 27.3 Å². The van der Waals surface area contributed by atoms with Gasteiger partial charge in [0.2, 0.25) is 10.0 Å². The van der Waals surface area contributed by atoms with Crippen LogP contribution in [0, 0.1) is 29.3 Å². The van der Waals surface area contributed by atoms with E-state index in [-0.39, 0.29) is 40.6 Å². The molecular weight excluding hydrogens is 557 g/mol. The van der Waals surface area contributed by atoms with Gasteiger partial charge in [0.25, 0.3) is 5.91 Å². The minimum absolute atomic E-state index is 0.0711. The van der Waals surface area contributed by atoms with Crippen LogP contribution in [-0.2, 0) is 19.9 Å². The van der Waals surface area contributed by atoms with Crippen LogP contribution in [0.3, 0.4) is 0 Å². The molecule has 8 nitrogen and oxygen atoms in total. The Morgan fingerprint density at radius 1 is 1.05 bits per heavy atom. The maximum absolute atomic E-state index is 13.6. The van der Waals surface area contributed by atoms with E-state index in [4.69, 9.17) is 11.6 Å². The Balaban J connectivity index is 1.56. The van der Waals surface area contributed by atoms with Crippen molar-refractivity contribution < 1.29 is 39.9 Å². The van der Waals surface area contributed by atoms with Crippen LogP contribution in [0.2, 0.25) is 5.02 Å². The van der Waals surface area contributed by atoms with Crippen LogP contribution in [0.1, 0.15) is 36.0 Å². The van der Waals surface area contributed by atoms with Gasteiger partial charge in [-0.1, -0.05) is 11.6 Å². The van der Waals surface area contributed by atoms with Gasteiger partial charge in [-0.25, -0.2) is 34.7 Å². The number of sulfone groups is 1. The van der Waals surface area contributed by atoms with Crippen molar-refractivity contribution in [2.45, 2.75) is 41.4 Å². The third-order valence-electron chi connectivity index (χ3n) is 7.17. The molecule has 0 radical (unpaired) electrons. The summed E-state index contributed by atoms with van der Waals surface area (Å²) >= 11 is 6.19. The van der Waals surface area contributed by atoms with Gasteiger partial charge in [0.05, 0.1) is 27.0 Å². The molecule has 2 aromatic rings. The first-order valence-corrected chi connectivity index (χ1v) is 15.1. The lowest BCUT2D eigenvalue weighted by atomic mass is 9.74. The van der Waals surface area contributed by atoms with Gasteiger partial charge in [-0.2, -0.15) is 0 Å². The number of hydrogen-bond donors (Lipinski definition) is 3. The number of amides is 1. The summed E-state index contributed by atoms with van der Waals surface area (Å²) in [5, 5.41) is 12.3. The van der Waals surface area contributed by atoms with Crippen LogP contribution in [0.15, 0.2) is 35.2 Å². The molecule has 3 N–H and O–H groups in total. The predicted octanol–water partition coefficient (Wildman–Crippen LogP) is 3.25. The Bertz CT molecular complexity index is 1430. The van der Waals surface area contributed by atoms with Crippen molar-refractivity contribution >= 4 is 43.1 Å². The van der Waals surface area contributed by atoms with E-state index in [1.807, 2.05) is 0 Å². The highest BCUT2D eigenvalue weighted by molar-refractivity contribution is 7.92. The van der Waals surface area contributed by atoms with Crippen LogP contribution in [0.5, 0.6) is 0 Å². The number of benzene rings is 2. The maximum Gasteiger partial charge on any atom is 0.255 e. The number of rotatable bonds is 7. The molecule has 2 aliphatic carbocycles. The van der Waals surface area contributed by atoms with E-state index in [1.165, 1.54) is 12.1 Å². The predicted molar refractivity (Wildman–Crippen MR) is 130 cm³/mol. The van der Waals surface area contributed by atoms with Gasteiger partial charge in [-0.15, -0.1) is 0 Å². The fourth-order valence-electron chi connectivity index (χ4n) is 5.27. The van der Waals surface area contributed by atoms with Crippen molar-refractivity contribution in [3.05, 3.63) is 58.4 Å². The molecule has 2 fully saturated rings. The van der Waals surface area contributed by atoms with E-state index < -0.39 is 65.9 Å². The Kier molecular flexibility index (Phi) is 7.40. The molecule has 14 heteroatoms. The van der Waals surface area contributed by atoms with Crippen molar-refractivity contribution in [1.82, 2.24) is 4.72 Å². The van der Waals surface area contributed by atoms with E-state index in [0.717, 1.165) is 12.3 Å². The smallest absolute Gasteiger partial charge is 0.255 e. The molecule has 0 heterocycles. The van der Waals surface area contributed by atoms with E-state index in [2.05, 4.69) is 10.0 Å². The Hall–Kier alpha value is -2.19. The summed E-state index contributed by atoms with van der Waals surface area (Å²) in [6.07, 6.45) is 2.17. The topological polar surface area (TPSA) is 130 Å². The maximum atomic E-state index is 13.6. The second kappa shape index (κ2) is 9.84. The zero-order valence-corrected chi connectivity index (χ0v) is 21.9. The third kappa shape index (κ3) is 5.51. The number of sulfonamides is 1. The number of anilines is 1. The van der Waals surface area contributed by atoms with Gasteiger partial charge >= 0.3 is 0 Å². The molecule has 0 aromatic heterocycles. The highest BCUT2D eigenvalue weighted by Gasteiger charge is 2.55. The summed E-state index contributed by atoms with van der Waals surface area (Å²) in [5.74, 6) is -6.54. The molecular formula is C23H24ClF3N2O6S2. The summed E-state index contributed by atoms with van der Waals surface area (Å²) in [5.41, 5.74) is -1.91. The zero-order valence-electron chi connectivity index (χ0n) is 19.5. The number of carbonyl (C=O) groups excluding carboxylic acids is 1. The molecule has 2 bridgehead atoms. The molecule has 2 aliphatic rings. The lowest BCUT2D eigenvalue weighted by Gasteiger charge is -2.42. The largest absolute Gasteiger partial charge is 0.388 e. The van der Waals surface area contributed by atoms with Gasteiger partial charge in [0.1, 0.15) is 0 Å². The van der Waals surface area contributed by atoms with Crippen LogP contribution in [0.4, 0.5) is 18.9 Å². The number of hydrogen-bond acceptors (Lipinski definition) is 6. The van der Waals surface area contributed by atoms with Crippen molar-refractivity contribution in [3.8, 4) is 0 Å². The molecule has 0 saturated heterocycles. The second-order valence-electron chi connectivity index (χ2n) is 9.55. The highest BCUT2D eigenvalue weighted by Crippen LogP contribution is 2.52. The number of nitrogens with one attached hydrogen (secondary N) is 2. The van der Waals surface area contributed by atoms with Crippen molar-refractivity contribution in [2.75, 3.05) is 18.1 Å². The molecule has 0 spiro atoms. The van der Waals surface area contributed by atoms with E-state index in [9.17, 15) is 39.9 Å². The van der Waals surface area contributed by atoms with Crippen LogP contribution in [0.25, 0.3) is 0 Å². The van der Waals surface area contributed by atoms with Crippen molar-refractivity contribution in [3.63, 3.8) is 0 Å². The Morgan fingerprint density at radius 2 is 1.62 bits per heavy atom. The average molecular weight is 581 g/mol. The van der Waals surface area contributed by atoms with E-state index in [0.29, 0.717) is 25.0 Å². The minimum Gasteiger partial charge on any atom is -0.388 e. The molecule has 4 rings (SSSR count). The monoisotopic (exact) mass is 580 g/mol. The number of fused-ring (bicyclic) bond motifs is 2. The molecule has 0 aliphatic heterocycles. The summed E-state index contributed by atoms with van der Waals surface area (Å²) in [4.78, 5) is 12.3. The summed E-state index contributed by atoms with van der Waals surface area (Å²) in [7, 11) is -7.65. The average Bonchev–Trinajstić information content (AvgIpc) is 2.97. The van der Waals surface area contributed by atoms with Crippen LogP contribution >= 0.6 is 11.6 Å². The van der Waals surface area contributed by atoms with Crippen molar-refractivity contribution in [2.24, 2.45) is 11.8 Å². The van der Waals surface area contributed by atoms with Gasteiger partial charge in [-0.3, -0.25) is 4.79 Å². The number of carbonyl (C=O) groups is 1. The number of aliphatic hydroxyl groups is 1. The SMILES string of the molecule is CS(=O)(=O)NC[C@@]1(O)C2CC[C@H]1C[C@H](S(=O)(=O)c1cc(C(=O)Nc3cc(F)c(F)c(F)c3)ccc1Cl)C2. The molecule has 2 saturated carbocycles.